The van der Waals surface area contributed by atoms with Gasteiger partial charge in [0.25, 0.3) is 0 Å². The SMILES string of the molecule is CN(C)C1(c2nnnn2-c2ccc(Cl)cc2)CCCC1. The van der Waals surface area contributed by atoms with E-state index in [9.17, 15) is 0 Å². The van der Waals surface area contributed by atoms with Gasteiger partial charge in [0.05, 0.1) is 11.2 Å². The molecule has 0 bridgehead atoms. The van der Waals surface area contributed by atoms with Crippen molar-refractivity contribution in [1.82, 2.24) is 25.1 Å². The van der Waals surface area contributed by atoms with Crippen LogP contribution in [0, 0.1) is 0 Å². The van der Waals surface area contributed by atoms with Gasteiger partial charge in [0.15, 0.2) is 5.82 Å². The van der Waals surface area contributed by atoms with Gasteiger partial charge in [-0.1, -0.05) is 24.4 Å². The predicted molar refractivity (Wildman–Crippen MR) is 78.0 cm³/mol. The Morgan fingerprint density at radius 3 is 2.40 bits per heavy atom. The van der Waals surface area contributed by atoms with Gasteiger partial charge >= 0.3 is 0 Å². The molecule has 0 aliphatic heterocycles. The summed E-state index contributed by atoms with van der Waals surface area (Å²) in [5.74, 6) is 0.919. The molecule has 0 N–H and O–H groups in total. The molecule has 0 amide bonds. The highest BCUT2D eigenvalue weighted by atomic mass is 35.5. The summed E-state index contributed by atoms with van der Waals surface area (Å²) in [6.07, 6.45) is 4.61. The molecule has 1 aliphatic rings. The van der Waals surface area contributed by atoms with Gasteiger partial charge in [0, 0.05) is 5.02 Å². The van der Waals surface area contributed by atoms with Crippen LogP contribution in [0.4, 0.5) is 0 Å². The lowest BCUT2D eigenvalue weighted by atomic mass is 9.95. The molecule has 1 fully saturated rings. The molecule has 1 heterocycles. The summed E-state index contributed by atoms with van der Waals surface area (Å²) >= 11 is 5.95. The molecule has 0 spiro atoms. The highest BCUT2D eigenvalue weighted by molar-refractivity contribution is 6.30. The maximum atomic E-state index is 5.95. The van der Waals surface area contributed by atoms with Gasteiger partial charge in [-0.2, -0.15) is 4.68 Å². The Morgan fingerprint density at radius 1 is 1.15 bits per heavy atom. The van der Waals surface area contributed by atoms with Crippen molar-refractivity contribution < 1.29 is 0 Å². The van der Waals surface area contributed by atoms with Crippen LogP contribution in [0.2, 0.25) is 5.02 Å². The van der Waals surface area contributed by atoms with Crippen molar-refractivity contribution in [3.8, 4) is 5.69 Å². The molecule has 106 valence electrons. The standard InChI is InChI=1S/C14H18ClN5/c1-19(2)14(9-3-4-10-14)13-16-17-18-20(13)12-7-5-11(15)6-8-12/h5-8H,3-4,9-10H2,1-2H3. The quantitative estimate of drug-likeness (QED) is 0.872. The minimum absolute atomic E-state index is 0.0663. The van der Waals surface area contributed by atoms with Gasteiger partial charge in [0.2, 0.25) is 0 Å². The zero-order valence-corrected chi connectivity index (χ0v) is 12.5. The maximum Gasteiger partial charge on any atom is 0.176 e. The van der Waals surface area contributed by atoms with Gasteiger partial charge in [-0.3, -0.25) is 4.90 Å². The average Bonchev–Trinajstić information content (AvgIpc) is 3.09. The maximum absolute atomic E-state index is 5.95. The van der Waals surface area contributed by atoms with E-state index in [2.05, 4.69) is 34.5 Å². The van der Waals surface area contributed by atoms with Crippen LogP contribution < -0.4 is 0 Å². The van der Waals surface area contributed by atoms with Crippen LogP contribution in [0.5, 0.6) is 0 Å². The number of aromatic nitrogens is 4. The van der Waals surface area contributed by atoms with E-state index < -0.39 is 0 Å². The van der Waals surface area contributed by atoms with E-state index >= 15 is 0 Å². The molecule has 20 heavy (non-hydrogen) atoms. The summed E-state index contributed by atoms with van der Waals surface area (Å²) in [7, 11) is 4.21. The van der Waals surface area contributed by atoms with Crippen LogP contribution in [0.1, 0.15) is 31.5 Å². The van der Waals surface area contributed by atoms with E-state index in [0.29, 0.717) is 5.02 Å². The first-order valence-electron chi connectivity index (χ1n) is 6.86. The predicted octanol–water partition coefficient (Wildman–Crippen LogP) is 2.65. The summed E-state index contributed by atoms with van der Waals surface area (Å²) in [5.41, 5.74) is 0.880. The Hall–Kier alpha value is -1.46. The van der Waals surface area contributed by atoms with E-state index in [1.807, 2.05) is 28.9 Å². The van der Waals surface area contributed by atoms with Crippen molar-refractivity contribution in [1.29, 1.82) is 0 Å². The minimum atomic E-state index is -0.0663. The summed E-state index contributed by atoms with van der Waals surface area (Å²) in [6, 6.07) is 7.61. The molecule has 0 radical (unpaired) electrons. The van der Waals surface area contributed by atoms with Crippen molar-refractivity contribution in [2.24, 2.45) is 0 Å². The molecular formula is C14H18ClN5. The Labute approximate surface area is 123 Å². The molecule has 1 saturated carbocycles. The Morgan fingerprint density at radius 2 is 1.80 bits per heavy atom. The van der Waals surface area contributed by atoms with E-state index in [1.54, 1.807) is 0 Å². The van der Waals surface area contributed by atoms with E-state index in [1.165, 1.54) is 12.8 Å². The number of benzene rings is 1. The van der Waals surface area contributed by atoms with Crippen LogP contribution in [0.25, 0.3) is 5.69 Å². The Kier molecular flexibility index (Phi) is 3.48. The third-order valence-corrected chi connectivity index (χ3v) is 4.50. The summed E-state index contributed by atoms with van der Waals surface area (Å²) < 4.78 is 1.83. The van der Waals surface area contributed by atoms with E-state index in [-0.39, 0.29) is 5.54 Å². The Bertz CT molecular complexity index is 584. The first-order chi connectivity index (χ1) is 9.63. The summed E-state index contributed by atoms with van der Waals surface area (Å²) in [6.45, 7) is 0. The molecule has 6 heteroatoms. The summed E-state index contributed by atoms with van der Waals surface area (Å²) in [5, 5.41) is 13.1. The summed E-state index contributed by atoms with van der Waals surface area (Å²) in [4.78, 5) is 2.25. The van der Waals surface area contributed by atoms with Gasteiger partial charge in [-0.05, 0) is 61.6 Å². The largest absolute Gasteiger partial charge is 0.297 e. The number of hydrogen-bond donors (Lipinski definition) is 0. The monoisotopic (exact) mass is 291 g/mol. The number of nitrogens with zero attached hydrogens (tertiary/aromatic N) is 5. The van der Waals surface area contributed by atoms with Gasteiger partial charge in [-0.25, -0.2) is 0 Å². The van der Waals surface area contributed by atoms with Crippen LogP contribution in [0.15, 0.2) is 24.3 Å². The average molecular weight is 292 g/mol. The van der Waals surface area contributed by atoms with Crippen molar-refractivity contribution in [2.45, 2.75) is 31.2 Å². The molecule has 5 nitrogen and oxygen atoms in total. The molecular weight excluding hydrogens is 274 g/mol. The Balaban J connectivity index is 2.07. The second-order valence-electron chi connectivity index (χ2n) is 5.52. The van der Waals surface area contributed by atoms with Gasteiger partial charge < -0.3 is 0 Å². The molecule has 0 atom stereocenters. The molecule has 0 saturated heterocycles. The molecule has 0 unspecified atom stereocenters. The topological polar surface area (TPSA) is 46.8 Å². The smallest absolute Gasteiger partial charge is 0.176 e. The van der Waals surface area contributed by atoms with E-state index in [4.69, 9.17) is 11.6 Å². The number of hydrogen-bond acceptors (Lipinski definition) is 4. The molecule has 3 rings (SSSR count). The number of halogens is 1. The van der Waals surface area contributed by atoms with Gasteiger partial charge in [-0.15, -0.1) is 5.10 Å². The lowest BCUT2D eigenvalue weighted by Crippen LogP contribution is -2.41. The van der Waals surface area contributed by atoms with Crippen LogP contribution >= 0.6 is 11.6 Å². The van der Waals surface area contributed by atoms with Crippen molar-refractivity contribution in [3.63, 3.8) is 0 Å². The third-order valence-electron chi connectivity index (χ3n) is 4.24. The van der Waals surface area contributed by atoms with Crippen LogP contribution in [0.3, 0.4) is 0 Å². The van der Waals surface area contributed by atoms with Gasteiger partial charge in [0.1, 0.15) is 0 Å². The zero-order chi connectivity index (χ0) is 14.2. The molecule has 1 aromatic heterocycles. The number of tetrazole rings is 1. The highest BCUT2D eigenvalue weighted by Crippen LogP contribution is 2.41. The third kappa shape index (κ3) is 2.11. The minimum Gasteiger partial charge on any atom is -0.297 e. The first kappa shape index (κ1) is 13.5. The first-order valence-corrected chi connectivity index (χ1v) is 7.23. The fraction of sp³-hybridized carbons (Fsp3) is 0.500. The normalized spacial score (nSPS) is 17.8. The van der Waals surface area contributed by atoms with Crippen molar-refractivity contribution in [2.75, 3.05) is 14.1 Å². The fourth-order valence-electron chi connectivity index (χ4n) is 3.06. The van der Waals surface area contributed by atoms with Crippen LogP contribution in [-0.2, 0) is 5.54 Å². The molecule has 1 aliphatic carbocycles. The van der Waals surface area contributed by atoms with E-state index in [0.717, 1.165) is 24.4 Å². The van der Waals surface area contributed by atoms with Crippen molar-refractivity contribution >= 4 is 11.6 Å². The highest BCUT2D eigenvalue weighted by Gasteiger charge is 2.42. The lowest BCUT2D eigenvalue weighted by molar-refractivity contribution is 0.143. The zero-order valence-electron chi connectivity index (χ0n) is 11.8. The molecule has 2 aromatic rings. The number of rotatable bonds is 3. The fourth-order valence-corrected chi connectivity index (χ4v) is 3.19. The second kappa shape index (κ2) is 5.14. The second-order valence-corrected chi connectivity index (χ2v) is 5.96. The molecule has 1 aromatic carbocycles. The van der Waals surface area contributed by atoms with Crippen molar-refractivity contribution in [3.05, 3.63) is 35.1 Å². The van der Waals surface area contributed by atoms with Crippen LogP contribution in [-0.4, -0.2) is 39.2 Å². The lowest BCUT2D eigenvalue weighted by Gasteiger charge is -2.34.